The Morgan fingerprint density at radius 3 is 2.54 bits per heavy atom. The second-order valence-corrected chi connectivity index (χ2v) is 6.73. The average molecular weight is 343 g/mol. The fourth-order valence-corrected chi connectivity index (χ4v) is 3.15. The zero-order chi connectivity index (χ0) is 17.7. The number of hydrogen-bond donors (Lipinski definition) is 1. The maximum Gasteiger partial charge on any atom is 0.323 e. The molecule has 2 rings (SSSR count). The third kappa shape index (κ3) is 4.68. The third-order valence-electron chi connectivity index (χ3n) is 4.36. The van der Waals surface area contributed by atoms with Gasteiger partial charge in [-0.3, -0.25) is 14.9 Å². The lowest BCUT2D eigenvalue weighted by molar-refractivity contribution is -0.155. The highest BCUT2D eigenvalue weighted by Crippen LogP contribution is 2.32. The van der Waals surface area contributed by atoms with Crippen LogP contribution in [0.1, 0.15) is 47.0 Å². The van der Waals surface area contributed by atoms with E-state index in [0.717, 1.165) is 12.8 Å². The van der Waals surface area contributed by atoms with Gasteiger partial charge in [0.15, 0.2) is 5.79 Å². The Balaban J connectivity index is 2.03. The molecule has 4 atom stereocenters. The van der Waals surface area contributed by atoms with Crippen molar-refractivity contribution < 1.29 is 28.5 Å². The molecule has 0 aromatic rings. The molecule has 1 N–H and O–H groups in total. The average Bonchev–Trinajstić information content (AvgIpc) is 3.11. The number of carbonyl (C=O) groups is 2. The number of hydrogen-bond acceptors (Lipinski definition) is 7. The normalized spacial score (nSPS) is 31.8. The quantitative estimate of drug-likeness (QED) is 0.552. The second kappa shape index (κ2) is 8.27. The standard InChI is InChI=1S/C17H29NO6/c1-5-7-8-22-16(20)12-9-11(15(19)21-6-2)14(18-12)13-10-23-17(3,4)24-13/h11-14,18H,5-10H2,1-4H3. The van der Waals surface area contributed by atoms with E-state index in [1.54, 1.807) is 6.92 Å². The van der Waals surface area contributed by atoms with E-state index in [9.17, 15) is 9.59 Å². The summed E-state index contributed by atoms with van der Waals surface area (Å²) in [6.07, 6.45) is 1.84. The molecule has 7 heteroatoms. The van der Waals surface area contributed by atoms with Crippen LogP contribution in [0.15, 0.2) is 0 Å². The van der Waals surface area contributed by atoms with E-state index in [1.807, 2.05) is 20.8 Å². The van der Waals surface area contributed by atoms with Crippen LogP contribution in [0.3, 0.4) is 0 Å². The third-order valence-corrected chi connectivity index (χ3v) is 4.36. The van der Waals surface area contributed by atoms with E-state index in [0.29, 0.717) is 26.2 Å². The zero-order valence-electron chi connectivity index (χ0n) is 15.0. The summed E-state index contributed by atoms with van der Waals surface area (Å²) >= 11 is 0. The number of unbranched alkanes of at least 4 members (excludes halogenated alkanes) is 1. The predicted molar refractivity (Wildman–Crippen MR) is 86.2 cm³/mol. The van der Waals surface area contributed by atoms with Gasteiger partial charge >= 0.3 is 11.9 Å². The summed E-state index contributed by atoms with van der Waals surface area (Å²) in [5, 5.41) is 3.21. The highest BCUT2D eigenvalue weighted by molar-refractivity contribution is 5.80. The van der Waals surface area contributed by atoms with Crippen molar-refractivity contribution in [1.82, 2.24) is 5.32 Å². The molecular formula is C17H29NO6. The fraction of sp³-hybridized carbons (Fsp3) is 0.882. The minimum Gasteiger partial charge on any atom is -0.466 e. The Bertz CT molecular complexity index is 452. The van der Waals surface area contributed by atoms with E-state index < -0.39 is 17.7 Å². The van der Waals surface area contributed by atoms with Crippen LogP contribution in [0.5, 0.6) is 0 Å². The van der Waals surface area contributed by atoms with Crippen molar-refractivity contribution in [3.63, 3.8) is 0 Å². The van der Waals surface area contributed by atoms with Crippen molar-refractivity contribution in [1.29, 1.82) is 0 Å². The lowest BCUT2D eigenvalue weighted by atomic mass is 9.95. The van der Waals surface area contributed by atoms with Crippen LogP contribution < -0.4 is 5.32 Å². The smallest absolute Gasteiger partial charge is 0.323 e. The molecule has 0 amide bonds. The van der Waals surface area contributed by atoms with Crippen LogP contribution in [0.25, 0.3) is 0 Å². The molecule has 7 nitrogen and oxygen atoms in total. The van der Waals surface area contributed by atoms with Crippen LogP contribution >= 0.6 is 0 Å². The summed E-state index contributed by atoms with van der Waals surface area (Å²) in [6.45, 7) is 8.55. The van der Waals surface area contributed by atoms with E-state index in [1.165, 1.54) is 0 Å². The summed E-state index contributed by atoms with van der Waals surface area (Å²) < 4.78 is 21.9. The second-order valence-electron chi connectivity index (χ2n) is 6.73. The monoisotopic (exact) mass is 343 g/mol. The molecule has 0 aromatic heterocycles. The van der Waals surface area contributed by atoms with Crippen molar-refractivity contribution in [2.24, 2.45) is 5.92 Å². The van der Waals surface area contributed by atoms with Gasteiger partial charge < -0.3 is 18.9 Å². The number of ether oxygens (including phenoxy) is 4. The molecule has 0 radical (unpaired) electrons. The molecule has 2 saturated heterocycles. The van der Waals surface area contributed by atoms with Gasteiger partial charge in [0.1, 0.15) is 12.1 Å². The Morgan fingerprint density at radius 2 is 1.96 bits per heavy atom. The zero-order valence-corrected chi connectivity index (χ0v) is 15.0. The first-order chi connectivity index (χ1) is 11.4. The minimum atomic E-state index is -0.689. The number of rotatable bonds is 7. The summed E-state index contributed by atoms with van der Waals surface area (Å²) in [4.78, 5) is 24.5. The molecule has 2 aliphatic rings. The first-order valence-electron chi connectivity index (χ1n) is 8.79. The molecule has 0 aromatic carbocycles. The molecule has 2 fully saturated rings. The minimum absolute atomic E-state index is 0.303. The molecule has 4 unspecified atom stereocenters. The van der Waals surface area contributed by atoms with E-state index in [4.69, 9.17) is 18.9 Å². The van der Waals surface area contributed by atoms with Crippen LogP contribution in [0.4, 0.5) is 0 Å². The summed E-state index contributed by atoms with van der Waals surface area (Å²) in [6, 6.07) is -0.844. The van der Waals surface area contributed by atoms with Crippen LogP contribution in [0, 0.1) is 5.92 Å². The van der Waals surface area contributed by atoms with Gasteiger partial charge in [-0.1, -0.05) is 13.3 Å². The molecule has 0 aliphatic carbocycles. The van der Waals surface area contributed by atoms with Crippen molar-refractivity contribution in [2.75, 3.05) is 19.8 Å². The molecule has 0 saturated carbocycles. The van der Waals surface area contributed by atoms with Gasteiger partial charge in [-0.25, -0.2) is 0 Å². The topological polar surface area (TPSA) is 83.1 Å². The highest BCUT2D eigenvalue weighted by Gasteiger charge is 2.50. The number of carbonyl (C=O) groups excluding carboxylic acids is 2. The molecule has 24 heavy (non-hydrogen) atoms. The Hall–Kier alpha value is -1.18. The lowest BCUT2D eigenvalue weighted by Crippen LogP contribution is -2.47. The van der Waals surface area contributed by atoms with Gasteiger partial charge in [0.2, 0.25) is 0 Å². The Labute approximate surface area is 143 Å². The van der Waals surface area contributed by atoms with Gasteiger partial charge in [0.05, 0.1) is 25.7 Å². The SMILES string of the molecule is CCCCOC(=O)C1CC(C(=O)OCC)C(C2COC(C)(C)O2)N1. The van der Waals surface area contributed by atoms with Crippen molar-refractivity contribution in [3.8, 4) is 0 Å². The Morgan fingerprint density at radius 1 is 1.21 bits per heavy atom. The summed E-state index contributed by atoms with van der Waals surface area (Å²) in [5.74, 6) is -1.77. The maximum atomic E-state index is 12.3. The molecule has 0 spiro atoms. The first-order valence-corrected chi connectivity index (χ1v) is 8.79. The van der Waals surface area contributed by atoms with E-state index in [2.05, 4.69) is 5.32 Å². The van der Waals surface area contributed by atoms with Gasteiger partial charge in [-0.2, -0.15) is 0 Å². The molecule has 2 aliphatic heterocycles. The number of esters is 2. The number of nitrogens with one attached hydrogen (secondary N) is 1. The molecule has 138 valence electrons. The van der Waals surface area contributed by atoms with Crippen molar-refractivity contribution in [2.45, 2.75) is 70.9 Å². The van der Waals surface area contributed by atoms with Crippen molar-refractivity contribution in [3.05, 3.63) is 0 Å². The fourth-order valence-electron chi connectivity index (χ4n) is 3.15. The van der Waals surface area contributed by atoms with E-state index in [-0.39, 0.29) is 24.1 Å². The van der Waals surface area contributed by atoms with Crippen molar-refractivity contribution >= 4 is 11.9 Å². The largest absolute Gasteiger partial charge is 0.466 e. The molecule has 0 bridgehead atoms. The first kappa shape index (κ1) is 19.1. The van der Waals surface area contributed by atoms with Gasteiger partial charge in [0, 0.05) is 6.04 Å². The lowest BCUT2D eigenvalue weighted by Gasteiger charge is -2.24. The van der Waals surface area contributed by atoms with Gasteiger partial charge in [-0.15, -0.1) is 0 Å². The molecule has 2 heterocycles. The summed E-state index contributed by atoms with van der Waals surface area (Å²) in [5.41, 5.74) is 0. The highest BCUT2D eigenvalue weighted by atomic mass is 16.7. The van der Waals surface area contributed by atoms with Crippen LogP contribution in [-0.4, -0.2) is 55.7 Å². The van der Waals surface area contributed by atoms with Crippen LogP contribution in [-0.2, 0) is 28.5 Å². The Kier molecular flexibility index (Phi) is 6.60. The predicted octanol–water partition coefficient (Wildman–Crippen LogP) is 1.39. The van der Waals surface area contributed by atoms with Gasteiger partial charge in [0.25, 0.3) is 0 Å². The summed E-state index contributed by atoms with van der Waals surface area (Å²) in [7, 11) is 0. The van der Waals surface area contributed by atoms with E-state index >= 15 is 0 Å². The van der Waals surface area contributed by atoms with Crippen LogP contribution in [0.2, 0.25) is 0 Å². The molecular weight excluding hydrogens is 314 g/mol. The van der Waals surface area contributed by atoms with Gasteiger partial charge in [-0.05, 0) is 33.6 Å². The maximum absolute atomic E-state index is 12.3.